The molecule has 3 aromatic rings. The number of aromatic nitrogens is 1. The van der Waals surface area contributed by atoms with Gasteiger partial charge < -0.3 is 15.6 Å². The summed E-state index contributed by atoms with van der Waals surface area (Å²) < 4.78 is 13.2. The quantitative estimate of drug-likeness (QED) is 0.680. The molecule has 0 spiro atoms. The van der Waals surface area contributed by atoms with E-state index in [-0.39, 0.29) is 17.6 Å². The number of halogens is 1. The molecule has 3 rings (SSSR count). The van der Waals surface area contributed by atoms with E-state index in [2.05, 4.69) is 15.6 Å². The van der Waals surface area contributed by atoms with Gasteiger partial charge in [0.05, 0.1) is 0 Å². The van der Waals surface area contributed by atoms with Crippen LogP contribution in [0.5, 0.6) is 0 Å². The van der Waals surface area contributed by atoms with Crippen LogP contribution in [0.2, 0.25) is 0 Å². The molecule has 0 atom stereocenters. The number of aromatic amines is 1. The first-order valence-electron chi connectivity index (χ1n) is 7.54. The summed E-state index contributed by atoms with van der Waals surface area (Å²) in [5.74, 6) is -0.797. The Bertz CT molecular complexity index is 918. The molecule has 0 aliphatic carbocycles. The second-order valence-corrected chi connectivity index (χ2v) is 5.35. The maximum Gasteiger partial charge on any atom is 0.272 e. The van der Waals surface area contributed by atoms with E-state index in [1.54, 1.807) is 43.3 Å². The van der Waals surface area contributed by atoms with E-state index in [0.717, 1.165) is 0 Å². The van der Waals surface area contributed by atoms with Crippen LogP contribution in [-0.2, 0) is 4.79 Å². The van der Waals surface area contributed by atoms with Gasteiger partial charge in [-0.15, -0.1) is 0 Å². The standard InChI is InChI=1S/C18H16FN3O2/c1-2-17(23)20-13-4-3-5-14(10-13)21-18(24)16-9-11-8-12(19)6-7-15(11)22-16/h3-10,22H,2H2,1H3,(H,20,23)(H,21,24). The third-order valence-electron chi connectivity index (χ3n) is 3.55. The fraction of sp³-hybridized carbons (Fsp3) is 0.111. The van der Waals surface area contributed by atoms with Gasteiger partial charge in [0.2, 0.25) is 5.91 Å². The molecule has 0 saturated carbocycles. The highest BCUT2D eigenvalue weighted by atomic mass is 19.1. The molecular formula is C18H16FN3O2. The van der Waals surface area contributed by atoms with Crippen LogP contribution in [0.1, 0.15) is 23.8 Å². The van der Waals surface area contributed by atoms with Gasteiger partial charge in [0.25, 0.3) is 5.91 Å². The topological polar surface area (TPSA) is 74.0 Å². The van der Waals surface area contributed by atoms with Crippen LogP contribution in [0, 0.1) is 5.82 Å². The van der Waals surface area contributed by atoms with Gasteiger partial charge in [-0.3, -0.25) is 9.59 Å². The first-order chi connectivity index (χ1) is 11.5. The minimum atomic E-state index is -0.354. The van der Waals surface area contributed by atoms with E-state index in [0.29, 0.717) is 34.4 Å². The zero-order chi connectivity index (χ0) is 17.1. The van der Waals surface area contributed by atoms with Crippen molar-refractivity contribution in [3.8, 4) is 0 Å². The molecule has 1 heterocycles. The Balaban J connectivity index is 1.78. The molecule has 24 heavy (non-hydrogen) atoms. The Morgan fingerprint density at radius 3 is 2.54 bits per heavy atom. The van der Waals surface area contributed by atoms with Crippen molar-refractivity contribution in [1.29, 1.82) is 0 Å². The minimum absolute atomic E-state index is 0.101. The van der Waals surface area contributed by atoms with E-state index in [9.17, 15) is 14.0 Å². The second-order valence-electron chi connectivity index (χ2n) is 5.35. The number of fused-ring (bicyclic) bond motifs is 1. The largest absolute Gasteiger partial charge is 0.351 e. The lowest BCUT2D eigenvalue weighted by Gasteiger charge is -2.07. The molecule has 0 bridgehead atoms. The summed E-state index contributed by atoms with van der Waals surface area (Å²) in [7, 11) is 0. The number of nitrogens with one attached hydrogen (secondary N) is 3. The van der Waals surface area contributed by atoms with Gasteiger partial charge in [-0.05, 0) is 42.5 Å². The second kappa shape index (κ2) is 6.54. The molecule has 0 fully saturated rings. The van der Waals surface area contributed by atoms with Crippen LogP contribution < -0.4 is 10.6 Å². The number of hydrogen-bond donors (Lipinski definition) is 3. The number of carbonyl (C=O) groups is 2. The van der Waals surface area contributed by atoms with Crippen molar-refractivity contribution >= 4 is 34.1 Å². The number of benzene rings is 2. The zero-order valence-corrected chi connectivity index (χ0v) is 13.0. The molecule has 5 nitrogen and oxygen atoms in total. The normalized spacial score (nSPS) is 10.6. The number of amides is 2. The van der Waals surface area contributed by atoms with Crippen molar-refractivity contribution in [3.63, 3.8) is 0 Å². The van der Waals surface area contributed by atoms with E-state index in [4.69, 9.17) is 0 Å². The Labute approximate surface area is 137 Å². The fourth-order valence-corrected chi connectivity index (χ4v) is 2.35. The van der Waals surface area contributed by atoms with Crippen molar-refractivity contribution in [1.82, 2.24) is 4.98 Å². The third kappa shape index (κ3) is 3.43. The molecule has 0 saturated heterocycles. The lowest BCUT2D eigenvalue weighted by atomic mass is 10.2. The van der Waals surface area contributed by atoms with E-state index < -0.39 is 0 Å². The van der Waals surface area contributed by atoms with E-state index in [1.165, 1.54) is 12.1 Å². The van der Waals surface area contributed by atoms with Crippen LogP contribution in [0.4, 0.5) is 15.8 Å². The zero-order valence-electron chi connectivity index (χ0n) is 13.0. The van der Waals surface area contributed by atoms with Gasteiger partial charge in [0.15, 0.2) is 0 Å². The molecule has 0 radical (unpaired) electrons. The Morgan fingerprint density at radius 2 is 1.79 bits per heavy atom. The molecule has 0 aliphatic heterocycles. The summed E-state index contributed by atoms with van der Waals surface area (Å²) in [6.07, 6.45) is 0.377. The first kappa shape index (κ1) is 15.7. The average Bonchev–Trinajstić information content (AvgIpc) is 2.98. The van der Waals surface area contributed by atoms with Gasteiger partial charge >= 0.3 is 0 Å². The Hall–Kier alpha value is -3.15. The minimum Gasteiger partial charge on any atom is -0.351 e. The number of hydrogen-bond acceptors (Lipinski definition) is 2. The molecule has 2 aromatic carbocycles. The van der Waals surface area contributed by atoms with Crippen LogP contribution in [0.3, 0.4) is 0 Å². The van der Waals surface area contributed by atoms with E-state index >= 15 is 0 Å². The monoisotopic (exact) mass is 325 g/mol. The van der Waals surface area contributed by atoms with Gasteiger partial charge in [-0.2, -0.15) is 0 Å². The Morgan fingerprint density at radius 1 is 1.04 bits per heavy atom. The van der Waals surface area contributed by atoms with Crippen LogP contribution in [0.15, 0.2) is 48.5 Å². The summed E-state index contributed by atoms with van der Waals surface area (Å²) >= 11 is 0. The van der Waals surface area contributed by atoms with Crippen molar-refractivity contribution in [2.45, 2.75) is 13.3 Å². The van der Waals surface area contributed by atoms with Gasteiger partial charge in [0.1, 0.15) is 11.5 Å². The highest BCUT2D eigenvalue weighted by molar-refractivity contribution is 6.06. The summed E-state index contributed by atoms with van der Waals surface area (Å²) in [5.41, 5.74) is 2.18. The fourth-order valence-electron chi connectivity index (χ4n) is 2.35. The Kier molecular flexibility index (Phi) is 4.29. The highest BCUT2D eigenvalue weighted by Gasteiger charge is 2.11. The predicted octanol–water partition coefficient (Wildman–Crippen LogP) is 3.91. The van der Waals surface area contributed by atoms with Crippen molar-refractivity contribution < 1.29 is 14.0 Å². The molecular weight excluding hydrogens is 309 g/mol. The molecule has 2 amide bonds. The smallest absolute Gasteiger partial charge is 0.272 e. The lowest BCUT2D eigenvalue weighted by molar-refractivity contribution is -0.115. The van der Waals surface area contributed by atoms with Crippen LogP contribution >= 0.6 is 0 Å². The number of H-pyrrole nitrogens is 1. The molecule has 0 aliphatic rings. The summed E-state index contributed by atoms with van der Waals surface area (Å²) in [6, 6.07) is 12.8. The van der Waals surface area contributed by atoms with Crippen molar-refractivity contribution in [2.24, 2.45) is 0 Å². The third-order valence-corrected chi connectivity index (χ3v) is 3.55. The summed E-state index contributed by atoms with van der Waals surface area (Å²) in [6.45, 7) is 1.76. The number of anilines is 2. The molecule has 122 valence electrons. The van der Waals surface area contributed by atoms with Crippen molar-refractivity contribution in [2.75, 3.05) is 10.6 Å². The number of carbonyl (C=O) groups excluding carboxylic acids is 2. The van der Waals surface area contributed by atoms with Gasteiger partial charge in [-0.25, -0.2) is 4.39 Å². The molecule has 6 heteroatoms. The van der Waals surface area contributed by atoms with Crippen molar-refractivity contribution in [3.05, 3.63) is 60.0 Å². The van der Waals surface area contributed by atoms with E-state index in [1.807, 2.05) is 0 Å². The summed E-state index contributed by atoms with van der Waals surface area (Å²) in [5, 5.41) is 6.11. The molecule has 0 unspecified atom stereocenters. The van der Waals surface area contributed by atoms with Crippen LogP contribution in [-0.4, -0.2) is 16.8 Å². The van der Waals surface area contributed by atoms with Gasteiger partial charge in [-0.1, -0.05) is 13.0 Å². The van der Waals surface area contributed by atoms with Gasteiger partial charge in [0, 0.05) is 28.7 Å². The number of rotatable bonds is 4. The highest BCUT2D eigenvalue weighted by Crippen LogP contribution is 2.19. The SMILES string of the molecule is CCC(=O)Nc1cccc(NC(=O)c2cc3cc(F)ccc3[nH]2)c1. The molecule has 1 aromatic heterocycles. The first-order valence-corrected chi connectivity index (χ1v) is 7.54. The predicted molar refractivity (Wildman–Crippen MR) is 91.6 cm³/mol. The summed E-state index contributed by atoms with van der Waals surface area (Å²) in [4.78, 5) is 26.7. The average molecular weight is 325 g/mol. The maximum absolute atomic E-state index is 13.2. The lowest BCUT2D eigenvalue weighted by Crippen LogP contribution is -2.13. The van der Waals surface area contributed by atoms with Crippen LogP contribution in [0.25, 0.3) is 10.9 Å². The maximum atomic E-state index is 13.2. The molecule has 3 N–H and O–H groups in total.